The summed E-state index contributed by atoms with van der Waals surface area (Å²) in [4.78, 5) is 14.4. The Labute approximate surface area is 156 Å². The van der Waals surface area contributed by atoms with E-state index in [1.165, 1.54) is 50.2 Å². The summed E-state index contributed by atoms with van der Waals surface area (Å²) in [5.74, 6) is 0. The van der Waals surface area contributed by atoms with E-state index in [2.05, 4.69) is 44.0 Å². The second-order valence-corrected chi connectivity index (χ2v) is 7.00. The van der Waals surface area contributed by atoms with Gasteiger partial charge in [-0.2, -0.15) is 0 Å². The molecule has 2 aromatic rings. The molecule has 0 amide bonds. The van der Waals surface area contributed by atoms with Gasteiger partial charge in [-0.25, -0.2) is 0 Å². The summed E-state index contributed by atoms with van der Waals surface area (Å²) in [6, 6.07) is 13.8. The highest BCUT2D eigenvalue weighted by molar-refractivity contribution is 5.85. The third-order valence-electron chi connectivity index (χ3n) is 5.46. The van der Waals surface area contributed by atoms with Crippen molar-refractivity contribution in [2.24, 2.45) is 0 Å². The maximum Gasteiger partial charge on any atom is 0.0544 e. The maximum atomic E-state index is 4.52. The number of pyridine rings is 2. The second-order valence-electron chi connectivity index (χ2n) is 7.00. The predicted molar refractivity (Wildman–Crippen MR) is 103 cm³/mol. The van der Waals surface area contributed by atoms with Gasteiger partial charge >= 0.3 is 0 Å². The van der Waals surface area contributed by atoms with Crippen LogP contribution >= 0.6 is 12.4 Å². The summed E-state index contributed by atoms with van der Waals surface area (Å²) < 4.78 is 0. The van der Waals surface area contributed by atoms with E-state index in [9.17, 15) is 0 Å². The van der Waals surface area contributed by atoms with Crippen molar-refractivity contribution in [3.05, 3.63) is 60.2 Å². The maximum absolute atomic E-state index is 4.52. The van der Waals surface area contributed by atoms with Crippen LogP contribution in [0.3, 0.4) is 0 Å². The van der Waals surface area contributed by atoms with E-state index in [0.717, 1.165) is 13.1 Å². The van der Waals surface area contributed by atoms with Crippen LogP contribution in [-0.4, -0.2) is 44.9 Å². The van der Waals surface area contributed by atoms with Crippen LogP contribution < -0.4 is 0 Å². The molecule has 0 N–H and O–H groups in total. The van der Waals surface area contributed by atoms with Crippen molar-refractivity contribution in [2.45, 2.75) is 50.9 Å². The minimum absolute atomic E-state index is 0. The summed E-state index contributed by atoms with van der Waals surface area (Å²) in [7, 11) is 0. The highest BCUT2D eigenvalue weighted by atomic mass is 35.5. The smallest absolute Gasteiger partial charge is 0.0544 e. The fourth-order valence-corrected chi connectivity index (χ4v) is 4.37. The van der Waals surface area contributed by atoms with E-state index in [1.807, 2.05) is 24.5 Å². The molecule has 0 aliphatic carbocycles. The summed E-state index contributed by atoms with van der Waals surface area (Å²) in [6.45, 7) is 4.38. The zero-order chi connectivity index (χ0) is 16.2. The number of likely N-dealkylation sites (tertiary alicyclic amines) is 2. The van der Waals surface area contributed by atoms with Crippen molar-refractivity contribution in [3.8, 4) is 0 Å². The first-order valence-corrected chi connectivity index (χ1v) is 9.18. The summed E-state index contributed by atoms with van der Waals surface area (Å²) in [5, 5.41) is 0. The lowest BCUT2D eigenvalue weighted by atomic mass is 10.0. The Morgan fingerprint density at radius 1 is 0.760 bits per heavy atom. The summed E-state index contributed by atoms with van der Waals surface area (Å²) >= 11 is 0. The zero-order valence-electron chi connectivity index (χ0n) is 14.6. The lowest BCUT2D eigenvalue weighted by Crippen LogP contribution is -2.45. The Morgan fingerprint density at radius 2 is 1.24 bits per heavy atom. The molecule has 0 unspecified atom stereocenters. The van der Waals surface area contributed by atoms with E-state index in [4.69, 9.17) is 0 Å². The van der Waals surface area contributed by atoms with Crippen LogP contribution in [0.15, 0.2) is 48.8 Å². The van der Waals surface area contributed by atoms with E-state index < -0.39 is 0 Å². The van der Waals surface area contributed by atoms with Gasteiger partial charge < -0.3 is 0 Å². The Morgan fingerprint density at radius 3 is 1.64 bits per heavy atom. The van der Waals surface area contributed by atoms with Crippen molar-refractivity contribution < 1.29 is 0 Å². The molecule has 2 aromatic heterocycles. The minimum atomic E-state index is 0. The molecule has 2 aliphatic heterocycles. The molecule has 0 bridgehead atoms. The molecule has 4 heterocycles. The number of hydrogen-bond acceptors (Lipinski definition) is 4. The molecular formula is C20H27ClN4. The molecule has 2 atom stereocenters. The molecule has 0 radical (unpaired) electrons. The molecule has 2 saturated heterocycles. The fraction of sp³-hybridized carbons (Fsp3) is 0.500. The largest absolute Gasteiger partial charge is 0.293 e. The van der Waals surface area contributed by atoms with Gasteiger partial charge in [0.1, 0.15) is 0 Å². The molecule has 4 nitrogen and oxygen atoms in total. The molecular weight excluding hydrogens is 332 g/mol. The summed E-state index contributed by atoms with van der Waals surface area (Å²) in [5.41, 5.74) is 2.39. The number of rotatable bonds is 5. The van der Waals surface area contributed by atoms with Crippen LogP contribution in [0.1, 0.15) is 37.1 Å². The fourth-order valence-electron chi connectivity index (χ4n) is 4.37. The molecule has 0 aromatic carbocycles. The van der Waals surface area contributed by atoms with Crippen molar-refractivity contribution in [3.63, 3.8) is 0 Å². The van der Waals surface area contributed by atoms with Crippen molar-refractivity contribution in [1.29, 1.82) is 0 Å². The molecule has 0 saturated carbocycles. The van der Waals surface area contributed by atoms with Crippen LogP contribution in [0.4, 0.5) is 0 Å². The van der Waals surface area contributed by atoms with E-state index >= 15 is 0 Å². The molecule has 0 spiro atoms. The van der Waals surface area contributed by atoms with Gasteiger partial charge in [-0.1, -0.05) is 12.1 Å². The van der Waals surface area contributed by atoms with Crippen LogP contribution in [0.25, 0.3) is 0 Å². The molecule has 2 aliphatic rings. The van der Waals surface area contributed by atoms with Gasteiger partial charge in [0.25, 0.3) is 0 Å². The molecule has 25 heavy (non-hydrogen) atoms. The van der Waals surface area contributed by atoms with Crippen LogP contribution in [-0.2, 0) is 13.1 Å². The highest BCUT2D eigenvalue weighted by Gasteiger charge is 2.37. The lowest BCUT2D eigenvalue weighted by Gasteiger charge is -2.34. The molecule has 5 heteroatoms. The Hall–Kier alpha value is -1.49. The van der Waals surface area contributed by atoms with Gasteiger partial charge in [0.15, 0.2) is 0 Å². The Bertz CT molecular complexity index is 579. The number of nitrogens with zero attached hydrogens (tertiary/aromatic N) is 4. The second kappa shape index (κ2) is 8.75. The van der Waals surface area contributed by atoms with Gasteiger partial charge in [-0.05, 0) is 63.0 Å². The number of halogens is 1. The normalized spacial score (nSPS) is 24.3. The van der Waals surface area contributed by atoms with E-state index in [1.54, 1.807) is 0 Å². The number of aromatic nitrogens is 2. The van der Waals surface area contributed by atoms with Gasteiger partial charge in [0, 0.05) is 37.6 Å². The first-order valence-electron chi connectivity index (χ1n) is 9.18. The van der Waals surface area contributed by atoms with Crippen LogP contribution in [0.2, 0.25) is 0 Å². The Kier molecular flexibility index (Phi) is 6.40. The average molecular weight is 359 g/mol. The van der Waals surface area contributed by atoms with Crippen molar-refractivity contribution in [2.75, 3.05) is 13.1 Å². The average Bonchev–Trinajstić information content (AvgIpc) is 3.26. The first-order chi connectivity index (χ1) is 11.9. The quantitative estimate of drug-likeness (QED) is 0.818. The van der Waals surface area contributed by atoms with Crippen molar-refractivity contribution in [1.82, 2.24) is 19.8 Å². The molecule has 4 rings (SSSR count). The Balaban J connectivity index is 0.00000182. The number of hydrogen-bond donors (Lipinski definition) is 0. The first kappa shape index (κ1) is 18.3. The predicted octanol–water partition coefficient (Wildman–Crippen LogP) is 3.53. The topological polar surface area (TPSA) is 32.3 Å². The standard InChI is InChI=1S/C20H26N4.ClH/c1-3-11-21-17(7-1)15-23-13-5-9-19(23)20-10-6-14-24(20)16-18-8-2-4-12-22-18;/h1-4,7-8,11-12,19-20H,5-6,9-10,13-16H2;1H/t19-,20-;/m0./s1. The van der Waals surface area contributed by atoms with Gasteiger partial charge in [0.2, 0.25) is 0 Å². The molecule has 134 valence electrons. The third kappa shape index (κ3) is 4.38. The monoisotopic (exact) mass is 358 g/mol. The van der Waals surface area contributed by atoms with Crippen LogP contribution in [0, 0.1) is 0 Å². The SMILES string of the molecule is Cl.c1ccc(CN2CCC[C@H]2[C@@H]2CCCN2Cc2ccccn2)nc1. The van der Waals surface area contributed by atoms with Gasteiger partial charge in [-0.15, -0.1) is 12.4 Å². The lowest BCUT2D eigenvalue weighted by molar-refractivity contribution is 0.122. The minimum Gasteiger partial charge on any atom is -0.293 e. The summed E-state index contributed by atoms with van der Waals surface area (Å²) in [6.07, 6.45) is 9.07. The van der Waals surface area contributed by atoms with Crippen LogP contribution in [0.5, 0.6) is 0 Å². The highest BCUT2D eigenvalue weighted by Crippen LogP contribution is 2.31. The van der Waals surface area contributed by atoms with E-state index in [0.29, 0.717) is 12.1 Å². The van der Waals surface area contributed by atoms with Crippen molar-refractivity contribution >= 4 is 12.4 Å². The third-order valence-corrected chi connectivity index (χ3v) is 5.46. The van der Waals surface area contributed by atoms with Gasteiger partial charge in [0.05, 0.1) is 11.4 Å². The zero-order valence-corrected chi connectivity index (χ0v) is 15.4. The van der Waals surface area contributed by atoms with Gasteiger partial charge in [-0.3, -0.25) is 19.8 Å². The molecule has 2 fully saturated rings. The van der Waals surface area contributed by atoms with E-state index in [-0.39, 0.29) is 12.4 Å².